The lowest BCUT2D eigenvalue weighted by Crippen LogP contribution is -2.39. The summed E-state index contributed by atoms with van der Waals surface area (Å²) >= 11 is 0. The van der Waals surface area contributed by atoms with Crippen LogP contribution in [0.2, 0.25) is 0 Å². The Labute approximate surface area is 178 Å². The molecule has 0 bridgehead atoms. The number of aromatic nitrogens is 2. The van der Waals surface area contributed by atoms with E-state index in [1.165, 1.54) is 11.1 Å². The number of rotatable bonds is 7. The van der Waals surface area contributed by atoms with Gasteiger partial charge in [-0.25, -0.2) is 0 Å². The summed E-state index contributed by atoms with van der Waals surface area (Å²) in [6, 6.07) is 18.9. The van der Waals surface area contributed by atoms with Gasteiger partial charge in [0.2, 0.25) is 17.6 Å². The smallest absolute Gasteiger partial charge is 0.227 e. The number of carbonyl (C=O) groups is 1. The van der Waals surface area contributed by atoms with Crippen LogP contribution in [-0.4, -0.2) is 33.5 Å². The van der Waals surface area contributed by atoms with Gasteiger partial charge in [-0.3, -0.25) is 4.79 Å². The average molecular weight is 404 g/mol. The van der Waals surface area contributed by atoms with Crippen LogP contribution in [0.3, 0.4) is 0 Å². The zero-order valence-electron chi connectivity index (χ0n) is 17.8. The molecule has 2 unspecified atom stereocenters. The lowest BCUT2D eigenvalue weighted by Gasteiger charge is -2.31. The fourth-order valence-corrected chi connectivity index (χ4v) is 4.48. The predicted molar refractivity (Wildman–Crippen MR) is 117 cm³/mol. The first-order chi connectivity index (χ1) is 14.7. The Morgan fingerprint density at radius 3 is 2.67 bits per heavy atom. The zero-order valence-corrected chi connectivity index (χ0v) is 17.8. The number of carbonyl (C=O) groups excluding carboxylic acids is 1. The Hall–Kier alpha value is -2.95. The number of hydrogen-bond donors (Lipinski definition) is 0. The summed E-state index contributed by atoms with van der Waals surface area (Å²) in [6.07, 6.45) is 4.04. The molecule has 1 aliphatic heterocycles. The van der Waals surface area contributed by atoms with Gasteiger partial charge in [0.15, 0.2) is 0 Å². The van der Waals surface area contributed by atoms with E-state index in [1.807, 2.05) is 37.3 Å². The van der Waals surface area contributed by atoms with Crippen molar-refractivity contribution in [1.82, 2.24) is 15.0 Å². The van der Waals surface area contributed by atoms with Gasteiger partial charge in [0.1, 0.15) is 0 Å². The minimum atomic E-state index is 0.182. The number of nitrogens with zero attached hydrogens (tertiary/aromatic N) is 3. The third-order valence-electron chi connectivity index (χ3n) is 6.08. The van der Waals surface area contributed by atoms with Gasteiger partial charge in [-0.2, -0.15) is 4.98 Å². The van der Waals surface area contributed by atoms with Gasteiger partial charge in [0.05, 0.1) is 0 Å². The summed E-state index contributed by atoms with van der Waals surface area (Å²) in [5.74, 6) is 1.66. The van der Waals surface area contributed by atoms with Gasteiger partial charge < -0.3 is 9.42 Å². The van der Waals surface area contributed by atoms with Crippen LogP contribution in [-0.2, 0) is 11.2 Å². The van der Waals surface area contributed by atoms with Crippen LogP contribution < -0.4 is 0 Å². The van der Waals surface area contributed by atoms with Crippen molar-refractivity contribution in [2.45, 2.75) is 57.9 Å². The van der Waals surface area contributed by atoms with Crippen molar-refractivity contribution in [2.24, 2.45) is 0 Å². The molecule has 2 atom stereocenters. The van der Waals surface area contributed by atoms with Gasteiger partial charge in [0.25, 0.3) is 0 Å². The molecule has 0 N–H and O–H groups in total. The third-order valence-corrected chi connectivity index (χ3v) is 6.08. The third kappa shape index (κ3) is 4.45. The highest BCUT2D eigenvalue weighted by molar-refractivity contribution is 5.77. The fourth-order valence-electron chi connectivity index (χ4n) is 4.48. The van der Waals surface area contributed by atoms with Crippen LogP contribution in [0.5, 0.6) is 0 Å². The van der Waals surface area contributed by atoms with Crippen molar-refractivity contribution in [3.05, 3.63) is 71.6 Å². The molecule has 3 aromatic rings. The molecule has 0 aliphatic carbocycles. The van der Waals surface area contributed by atoms with Gasteiger partial charge in [0, 0.05) is 36.9 Å². The number of hydrogen-bond acceptors (Lipinski definition) is 4. The molecule has 4 rings (SSSR count). The maximum absolute atomic E-state index is 13.0. The first kappa shape index (κ1) is 20.3. The number of amides is 1. The Bertz CT molecular complexity index is 966. The molecular weight excluding hydrogens is 374 g/mol. The van der Waals surface area contributed by atoms with E-state index >= 15 is 0 Å². The molecule has 0 spiro atoms. The summed E-state index contributed by atoms with van der Waals surface area (Å²) in [6.45, 7) is 5.10. The maximum atomic E-state index is 13.0. The first-order valence-electron chi connectivity index (χ1n) is 10.9. The second kappa shape index (κ2) is 9.24. The van der Waals surface area contributed by atoms with Crippen molar-refractivity contribution in [3.63, 3.8) is 0 Å². The fraction of sp³-hybridized carbons (Fsp3) is 0.400. The molecule has 0 saturated carbocycles. The van der Waals surface area contributed by atoms with Crippen molar-refractivity contribution in [1.29, 1.82) is 0 Å². The maximum Gasteiger partial charge on any atom is 0.227 e. The van der Waals surface area contributed by atoms with E-state index in [0.717, 1.165) is 31.4 Å². The number of likely N-dealkylation sites (tertiary alicyclic amines) is 1. The lowest BCUT2D eigenvalue weighted by molar-refractivity contribution is -0.132. The largest absolute Gasteiger partial charge is 0.339 e. The molecule has 1 aliphatic rings. The molecule has 1 amide bonds. The molecule has 1 fully saturated rings. The zero-order chi connectivity index (χ0) is 20.9. The van der Waals surface area contributed by atoms with E-state index in [1.54, 1.807) is 0 Å². The molecule has 2 heterocycles. The monoisotopic (exact) mass is 403 g/mol. The number of benzene rings is 2. The van der Waals surface area contributed by atoms with E-state index < -0.39 is 0 Å². The van der Waals surface area contributed by atoms with E-state index in [2.05, 4.69) is 46.2 Å². The quantitative estimate of drug-likeness (QED) is 0.546. The first-order valence-corrected chi connectivity index (χ1v) is 10.9. The Morgan fingerprint density at radius 1 is 1.17 bits per heavy atom. The lowest BCUT2D eigenvalue weighted by atomic mass is 9.87. The molecule has 5 nitrogen and oxygen atoms in total. The van der Waals surface area contributed by atoms with E-state index in [9.17, 15) is 4.79 Å². The highest BCUT2D eigenvalue weighted by Gasteiger charge is 2.34. The summed E-state index contributed by atoms with van der Waals surface area (Å²) < 4.78 is 5.40. The van der Waals surface area contributed by atoms with Gasteiger partial charge in [-0.05, 0) is 31.7 Å². The average Bonchev–Trinajstić information content (AvgIpc) is 3.44. The molecule has 0 radical (unpaired) electrons. The Morgan fingerprint density at radius 2 is 1.93 bits per heavy atom. The topological polar surface area (TPSA) is 59.2 Å². The standard InChI is InChI=1S/C25H29N3O2/c1-3-21(19-8-5-4-6-9-19)22-10-7-17-28(22)24(29)16-15-23-26-25(27-30-23)20-13-11-18(2)12-14-20/h4-6,8-9,11-14,21-22H,3,7,10,15-17H2,1-2H3. The summed E-state index contributed by atoms with van der Waals surface area (Å²) in [5, 5.41) is 4.08. The van der Waals surface area contributed by atoms with Crippen LogP contribution in [0.25, 0.3) is 11.4 Å². The summed E-state index contributed by atoms with van der Waals surface area (Å²) in [7, 11) is 0. The Kier molecular flexibility index (Phi) is 6.26. The molecule has 30 heavy (non-hydrogen) atoms. The van der Waals surface area contributed by atoms with Crippen molar-refractivity contribution < 1.29 is 9.32 Å². The van der Waals surface area contributed by atoms with Crippen LogP contribution >= 0.6 is 0 Å². The van der Waals surface area contributed by atoms with E-state index in [-0.39, 0.29) is 11.9 Å². The Balaban J connectivity index is 1.39. The van der Waals surface area contributed by atoms with Crippen molar-refractivity contribution in [3.8, 4) is 11.4 Å². The second-order valence-corrected chi connectivity index (χ2v) is 8.10. The number of aryl methyl sites for hydroxylation is 2. The highest BCUT2D eigenvalue weighted by Crippen LogP contribution is 2.34. The predicted octanol–water partition coefficient (Wildman–Crippen LogP) is 5.16. The van der Waals surface area contributed by atoms with E-state index in [4.69, 9.17) is 4.52 Å². The molecule has 1 aromatic heterocycles. The van der Waals surface area contributed by atoms with E-state index in [0.29, 0.717) is 30.5 Å². The van der Waals surface area contributed by atoms with Crippen LogP contribution in [0.1, 0.15) is 55.5 Å². The second-order valence-electron chi connectivity index (χ2n) is 8.10. The van der Waals surface area contributed by atoms with Crippen molar-refractivity contribution in [2.75, 3.05) is 6.54 Å². The summed E-state index contributed by atoms with van der Waals surface area (Å²) in [4.78, 5) is 19.6. The molecule has 5 heteroatoms. The molecule has 1 saturated heterocycles. The highest BCUT2D eigenvalue weighted by atomic mass is 16.5. The molecule has 156 valence electrons. The van der Waals surface area contributed by atoms with Gasteiger partial charge in [-0.15, -0.1) is 0 Å². The van der Waals surface area contributed by atoms with Crippen molar-refractivity contribution >= 4 is 5.91 Å². The normalized spacial score (nSPS) is 17.3. The minimum absolute atomic E-state index is 0.182. The summed E-state index contributed by atoms with van der Waals surface area (Å²) in [5.41, 5.74) is 3.44. The van der Waals surface area contributed by atoms with Crippen LogP contribution in [0, 0.1) is 6.92 Å². The minimum Gasteiger partial charge on any atom is -0.339 e. The van der Waals surface area contributed by atoms with Gasteiger partial charge >= 0.3 is 0 Å². The van der Waals surface area contributed by atoms with Crippen LogP contribution in [0.15, 0.2) is 59.1 Å². The SMILES string of the molecule is CCC(c1ccccc1)C1CCCN1C(=O)CCc1nc(-c2ccc(C)cc2)no1. The molecular formula is C25H29N3O2. The molecule has 2 aromatic carbocycles. The van der Waals surface area contributed by atoms with Gasteiger partial charge in [-0.1, -0.05) is 72.2 Å². The van der Waals surface area contributed by atoms with Crippen LogP contribution in [0.4, 0.5) is 0 Å².